The number of hydrogen-bond acceptors (Lipinski definition) is 2. The van der Waals surface area contributed by atoms with Crippen LogP contribution in [0.5, 0.6) is 0 Å². The SMILES string of the molecule is Cc1cc(Br)ccc1NC(=O)C1(N)CCCC1. The molecule has 0 heterocycles. The van der Waals surface area contributed by atoms with E-state index in [1.54, 1.807) is 0 Å². The highest BCUT2D eigenvalue weighted by molar-refractivity contribution is 9.10. The molecule has 3 N–H and O–H groups in total. The normalized spacial score (nSPS) is 18.1. The molecule has 3 nitrogen and oxygen atoms in total. The molecule has 2 rings (SSSR count). The Morgan fingerprint density at radius 2 is 2.06 bits per heavy atom. The van der Waals surface area contributed by atoms with Crippen LogP contribution in [0.25, 0.3) is 0 Å². The van der Waals surface area contributed by atoms with E-state index in [-0.39, 0.29) is 5.91 Å². The Morgan fingerprint density at radius 3 is 2.65 bits per heavy atom. The standard InChI is InChI=1S/C13H17BrN2O/c1-9-8-10(14)4-5-11(9)16-12(17)13(15)6-2-3-7-13/h4-5,8H,2-3,6-7,15H2,1H3,(H,16,17). The largest absolute Gasteiger partial charge is 0.324 e. The van der Waals surface area contributed by atoms with Crippen molar-refractivity contribution in [2.24, 2.45) is 5.73 Å². The molecule has 0 aromatic heterocycles. The lowest BCUT2D eigenvalue weighted by Gasteiger charge is -2.22. The van der Waals surface area contributed by atoms with Crippen LogP contribution >= 0.6 is 15.9 Å². The zero-order valence-corrected chi connectivity index (χ0v) is 11.5. The Labute approximate surface area is 110 Å². The van der Waals surface area contributed by atoms with Crippen molar-refractivity contribution in [1.29, 1.82) is 0 Å². The van der Waals surface area contributed by atoms with E-state index in [0.717, 1.165) is 41.4 Å². The average Bonchev–Trinajstić information content (AvgIpc) is 2.71. The first-order chi connectivity index (χ1) is 8.01. The Balaban J connectivity index is 2.13. The molecule has 1 aliphatic carbocycles. The summed E-state index contributed by atoms with van der Waals surface area (Å²) in [5.74, 6) is -0.0552. The van der Waals surface area contributed by atoms with E-state index in [0.29, 0.717) is 0 Å². The number of carbonyl (C=O) groups excluding carboxylic acids is 1. The van der Waals surface area contributed by atoms with Crippen molar-refractivity contribution in [3.63, 3.8) is 0 Å². The highest BCUT2D eigenvalue weighted by Gasteiger charge is 2.37. The lowest BCUT2D eigenvalue weighted by atomic mass is 9.98. The lowest BCUT2D eigenvalue weighted by molar-refractivity contribution is -0.121. The van der Waals surface area contributed by atoms with E-state index in [4.69, 9.17) is 5.73 Å². The van der Waals surface area contributed by atoms with Gasteiger partial charge in [0.2, 0.25) is 5.91 Å². The van der Waals surface area contributed by atoms with Crippen molar-refractivity contribution in [3.8, 4) is 0 Å². The molecule has 0 atom stereocenters. The molecule has 1 saturated carbocycles. The highest BCUT2D eigenvalue weighted by atomic mass is 79.9. The van der Waals surface area contributed by atoms with Gasteiger partial charge in [-0.05, 0) is 43.5 Å². The monoisotopic (exact) mass is 296 g/mol. The first kappa shape index (κ1) is 12.6. The van der Waals surface area contributed by atoms with E-state index in [1.165, 1.54) is 0 Å². The van der Waals surface area contributed by atoms with Crippen LogP contribution in [-0.4, -0.2) is 11.4 Å². The Kier molecular flexibility index (Phi) is 3.54. The number of nitrogens with two attached hydrogens (primary N) is 1. The summed E-state index contributed by atoms with van der Waals surface area (Å²) in [5, 5.41) is 2.94. The summed E-state index contributed by atoms with van der Waals surface area (Å²) in [6, 6.07) is 5.80. The molecule has 1 aromatic rings. The highest BCUT2D eigenvalue weighted by Crippen LogP contribution is 2.29. The second kappa shape index (κ2) is 4.78. The van der Waals surface area contributed by atoms with Gasteiger partial charge in [-0.1, -0.05) is 28.8 Å². The number of amides is 1. The molecular formula is C13H17BrN2O. The molecule has 92 valence electrons. The van der Waals surface area contributed by atoms with Crippen molar-refractivity contribution in [2.75, 3.05) is 5.32 Å². The smallest absolute Gasteiger partial charge is 0.244 e. The predicted octanol–water partition coefficient (Wildman–Crippen LogP) is 2.97. The van der Waals surface area contributed by atoms with Crippen molar-refractivity contribution in [2.45, 2.75) is 38.1 Å². The number of nitrogens with one attached hydrogen (secondary N) is 1. The number of aryl methyl sites for hydroxylation is 1. The van der Waals surface area contributed by atoms with Crippen molar-refractivity contribution < 1.29 is 4.79 Å². The molecule has 1 amide bonds. The average molecular weight is 297 g/mol. The van der Waals surface area contributed by atoms with Crippen LogP contribution in [0.15, 0.2) is 22.7 Å². The van der Waals surface area contributed by atoms with Gasteiger partial charge in [0.15, 0.2) is 0 Å². The van der Waals surface area contributed by atoms with Crippen LogP contribution in [-0.2, 0) is 4.79 Å². The van der Waals surface area contributed by atoms with E-state index in [2.05, 4.69) is 21.2 Å². The maximum atomic E-state index is 12.1. The molecule has 1 aromatic carbocycles. The van der Waals surface area contributed by atoms with Crippen LogP contribution in [0, 0.1) is 6.92 Å². The summed E-state index contributed by atoms with van der Waals surface area (Å²) in [7, 11) is 0. The second-order valence-electron chi connectivity index (χ2n) is 4.78. The van der Waals surface area contributed by atoms with Gasteiger partial charge >= 0.3 is 0 Å². The molecule has 0 spiro atoms. The zero-order valence-electron chi connectivity index (χ0n) is 9.92. The van der Waals surface area contributed by atoms with Gasteiger partial charge in [0.05, 0.1) is 5.54 Å². The predicted molar refractivity (Wildman–Crippen MR) is 72.9 cm³/mol. The molecule has 0 unspecified atom stereocenters. The number of anilines is 1. The van der Waals surface area contributed by atoms with Crippen LogP contribution in [0.3, 0.4) is 0 Å². The number of rotatable bonds is 2. The van der Waals surface area contributed by atoms with Crippen molar-refractivity contribution >= 4 is 27.5 Å². The van der Waals surface area contributed by atoms with Gasteiger partial charge in [-0.3, -0.25) is 4.79 Å². The van der Waals surface area contributed by atoms with Crippen molar-refractivity contribution in [3.05, 3.63) is 28.2 Å². The molecular weight excluding hydrogens is 280 g/mol. The third-order valence-electron chi connectivity index (χ3n) is 3.38. The van der Waals surface area contributed by atoms with E-state index >= 15 is 0 Å². The van der Waals surface area contributed by atoms with Crippen molar-refractivity contribution in [1.82, 2.24) is 0 Å². The van der Waals surface area contributed by atoms with Gasteiger partial charge in [0, 0.05) is 10.2 Å². The third-order valence-corrected chi connectivity index (χ3v) is 3.88. The zero-order chi connectivity index (χ0) is 12.5. The van der Waals surface area contributed by atoms with Gasteiger partial charge in [0.1, 0.15) is 0 Å². The quantitative estimate of drug-likeness (QED) is 0.881. The fourth-order valence-electron chi connectivity index (χ4n) is 2.25. The summed E-state index contributed by atoms with van der Waals surface area (Å²) < 4.78 is 1.01. The third kappa shape index (κ3) is 2.69. The fraction of sp³-hybridized carbons (Fsp3) is 0.462. The minimum atomic E-state index is -0.667. The first-order valence-electron chi connectivity index (χ1n) is 5.88. The second-order valence-corrected chi connectivity index (χ2v) is 5.69. The van der Waals surface area contributed by atoms with Crippen LogP contribution < -0.4 is 11.1 Å². The maximum absolute atomic E-state index is 12.1. The Morgan fingerprint density at radius 1 is 1.41 bits per heavy atom. The minimum Gasteiger partial charge on any atom is -0.324 e. The van der Waals surface area contributed by atoms with Gasteiger partial charge in [0.25, 0.3) is 0 Å². The molecule has 17 heavy (non-hydrogen) atoms. The van der Waals surface area contributed by atoms with E-state index < -0.39 is 5.54 Å². The molecule has 0 bridgehead atoms. The van der Waals surface area contributed by atoms with Crippen LogP contribution in [0.2, 0.25) is 0 Å². The van der Waals surface area contributed by atoms with Gasteiger partial charge in [-0.15, -0.1) is 0 Å². The molecule has 0 saturated heterocycles. The van der Waals surface area contributed by atoms with Gasteiger partial charge in [-0.25, -0.2) is 0 Å². The van der Waals surface area contributed by atoms with E-state index in [9.17, 15) is 4.79 Å². The van der Waals surface area contributed by atoms with Gasteiger partial charge in [-0.2, -0.15) is 0 Å². The lowest BCUT2D eigenvalue weighted by Crippen LogP contribution is -2.48. The Hall–Kier alpha value is -0.870. The summed E-state index contributed by atoms with van der Waals surface area (Å²) >= 11 is 3.40. The first-order valence-corrected chi connectivity index (χ1v) is 6.67. The minimum absolute atomic E-state index is 0.0552. The summed E-state index contributed by atoms with van der Waals surface area (Å²) in [4.78, 5) is 12.1. The molecule has 4 heteroatoms. The molecule has 1 aliphatic rings. The summed E-state index contributed by atoms with van der Waals surface area (Å²) in [6.45, 7) is 1.97. The fourth-order valence-corrected chi connectivity index (χ4v) is 2.72. The number of benzene rings is 1. The number of hydrogen-bond donors (Lipinski definition) is 2. The summed E-state index contributed by atoms with van der Waals surface area (Å²) in [5.41, 5.74) is 7.32. The molecule has 0 aliphatic heterocycles. The Bertz CT molecular complexity index is 439. The molecule has 1 fully saturated rings. The summed E-state index contributed by atoms with van der Waals surface area (Å²) in [6.07, 6.45) is 3.66. The van der Waals surface area contributed by atoms with Crippen LogP contribution in [0.1, 0.15) is 31.2 Å². The number of halogens is 1. The maximum Gasteiger partial charge on any atom is 0.244 e. The topological polar surface area (TPSA) is 55.1 Å². The van der Waals surface area contributed by atoms with E-state index in [1.807, 2.05) is 25.1 Å². The van der Waals surface area contributed by atoms with Crippen LogP contribution in [0.4, 0.5) is 5.69 Å². The number of carbonyl (C=O) groups is 1. The molecule has 0 radical (unpaired) electrons. The van der Waals surface area contributed by atoms with Gasteiger partial charge < -0.3 is 11.1 Å².